The van der Waals surface area contributed by atoms with Crippen LogP contribution in [0.4, 0.5) is 0 Å². The van der Waals surface area contributed by atoms with Crippen LogP contribution in [0.2, 0.25) is 0 Å². The van der Waals surface area contributed by atoms with Crippen LogP contribution in [0.3, 0.4) is 0 Å². The first kappa shape index (κ1) is 56.7. The molecule has 0 aliphatic carbocycles. The number of hydrogen-bond acceptors (Lipinski definition) is 7. The molecule has 343 valence electrons. The third-order valence-electron chi connectivity index (χ3n) is 9.28. The Morgan fingerprint density at radius 3 is 1.34 bits per heavy atom. The molecule has 1 N–H and O–H groups in total. The number of aryl methyl sites for hydroxylation is 4. The van der Waals surface area contributed by atoms with Crippen LogP contribution in [0, 0.1) is 60.7 Å². The average Bonchev–Trinajstić information content (AvgIpc) is 3.33. The molecule has 9 heteroatoms. The molecule has 1 radical (unpaired) electrons. The van der Waals surface area contributed by atoms with Crippen molar-refractivity contribution in [3.63, 3.8) is 0 Å². The third-order valence-corrected chi connectivity index (χ3v) is 9.28. The zero-order valence-corrected chi connectivity index (χ0v) is 43.7. The molecule has 7 nitrogen and oxygen atoms in total. The number of aliphatic hydroxyl groups excluding tert-OH is 1. The molecule has 0 spiro atoms. The van der Waals surface area contributed by atoms with E-state index in [1.54, 1.807) is 6.92 Å². The Morgan fingerprint density at radius 2 is 0.866 bits per heavy atom. The summed E-state index contributed by atoms with van der Waals surface area (Å²) in [7, 11) is 0. The maximum atomic E-state index is 7.57. The molecule has 6 aromatic carbocycles. The molecule has 0 saturated heterocycles. The van der Waals surface area contributed by atoms with Gasteiger partial charge in [0.1, 0.15) is 0 Å². The maximum absolute atomic E-state index is 7.57. The molecule has 0 amide bonds. The van der Waals surface area contributed by atoms with Gasteiger partial charge in [-0.15, -0.1) is 95.4 Å². The van der Waals surface area contributed by atoms with Gasteiger partial charge in [-0.25, -0.2) is 9.97 Å². The van der Waals surface area contributed by atoms with Crippen LogP contribution in [0.25, 0.3) is 66.8 Å². The summed E-state index contributed by atoms with van der Waals surface area (Å²) in [5.41, 5.74) is 10.3. The zero-order valence-electron chi connectivity index (χ0n) is 38.9. The maximum Gasteiger partial charge on any atom is 3.00 e. The first-order valence-corrected chi connectivity index (χ1v) is 20.7. The summed E-state index contributed by atoms with van der Waals surface area (Å²) in [6.07, 6.45) is 7.37. The molecule has 0 bridgehead atoms. The van der Waals surface area contributed by atoms with Gasteiger partial charge in [0.05, 0.1) is 5.82 Å². The topological polar surface area (TPSA) is 97.6 Å². The Morgan fingerprint density at radius 1 is 0.448 bits per heavy atom. The number of nitrogens with zero attached hydrogens (tertiary/aromatic N) is 6. The molecule has 0 aliphatic heterocycles. The van der Waals surface area contributed by atoms with E-state index >= 15 is 0 Å². The Bertz CT molecular complexity index is 2720. The molecule has 0 aliphatic rings. The Labute approximate surface area is 424 Å². The van der Waals surface area contributed by atoms with Gasteiger partial charge in [-0.05, 0) is 80.0 Å². The van der Waals surface area contributed by atoms with Gasteiger partial charge in [0.2, 0.25) is 0 Å². The number of aliphatic hydroxyl groups is 1. The largest absolute Gasteiger partial charge is 3.00 e. The minimum atomic E-state index is 0. The quantitative estimate of drug-likeness (QED) is 0.175. The number of aromatic nitrogens is 6. The van der Waals surface area contributed by atoms with Gasteiger partial charge >= 0.3 is 20.1 Å². The summed E-state index contributed by atoms with van der Waals surface area (Å²) in [5.74, 6) is 1.51. The Balaban J connectivity index is 0.000000297. The smallest absolute Gasteiger partial charge is 0.397 e. The third kappa shape index (κ3) is 17.1. The summed E-state index contributed by atoms with van der Waals surface area (Å²) in [5, 5.41) is 12.3. The minimum Gasteiger partial charge on any atom is -0.397 e. The van der Waals surface area contributed by atoms with Crippen LogP contribution in [-0.4, -0.2) is 41.6 Å². The molecule has 0 saturated carbocycles. The fraction of sp³-hybridized carbons (Fsp3) is 0.103. The van der Waals surface area contributed by atoms with E-state index in [9.17, 15) is 0 Å². The second-order valence-corrected chi connectivity index (χ2v) is 14.3. The molecule has 10 aromatic rings. The van der Waals surface area contributed by atoms with Crippen molar-refractivity contribution in [2.45, 2.75) is 34.6 Å². The number of benzene rings is 6. The van der Waals surface area contributed by atoms with Crippen LogP contribution in [-0.2, 0) is 40.2 Å². The Kier molecular flexibility index (Phi) is 25.4. The fourth-order valence-electron chi connectivity index (χ4n) is 6.31. The monoisotopic (exact) mass is 1240 g/mol. The van der Waals surface area contributed by atoms with Crippen molar-refractivity contribution < 1.29 is 45.3 Å². The predicted octanol–water partition coefficient (Wildman–Crippen LogP) is 13.6. The molecule has 67 heavy (non-hydrogen) atoms. The van der Waals surface area contributed by atoms with E-state index in [0.717, 1.165) is 73.2 Å². The van der Waals surface area contributed by atoms with E-state index in [1.807, 2.05) is 180 Å². The summed E-state index contributed by atoms with van der Waals surface area (Å²) >= 11 is 0. The first-order valence-electron chi connectivity index (χ1n) is 20.7. The van der Waals surface area contributed by atoms with Gasteiger partial charge in [0.25, 0.3) is 0 Å². The Hall–Kier alpha value is -6.44. The molecule has 4 aromatic heterocycles. The van der Waals surface area contributed by atoms with E-state index < -0.39 is 0 Å². The van der Waals surface area contributed by atoms with Gasteiger partial charge in [0, 0.05) is 68.5 Å². The molecule has 0 atom stereocenters. The van der Waals surface area contributed by atoms with Crippen molar-refractivity contribution in [3.8, 4) is 45.3 Å². The van der Waals surface area contributed by atoms with Gasteiger partial charge in [0.15, 0.2) is 5.82 Å². The summed E-state index contributed by atoms with van der Waals surface area (Å²) in [4.78, 5) is 26.3. The van der Waals surface area contributed by atoms with Crippen LogP contribution in [0.5, 0.6) is 0 Å². The van der Waals surface area contributed by atoms with E-state index in [0.29, 0.717) is 0 Å². The number of pyridine rings is 2. The number of rotatable bonds is 4. The molecular weight excluding hydrogens is 1180 g/mol. The molecular formula is C58H55Ir2N6O-2. The second-order valence-electron chi connectivity index (χ2n) is 14.3. The van der Waals surface area contributed by atoms with Crippen molar-refractivity contribution in [2.24, 2.45) is 0 Å². The van der Waals surface area contributed by atoms with E-state index in [1.165, 1.54) is 16.2 Å². The van der Waals surface area contributed by atoms with Gasteiger partial charge < -0.3 is 29.9 Å². The van der Waals surface area contributed by atoms with Crippen LogP contribution >= 0.6 is 0 Å². The van der Waals surface area contributed by atoms with Crippen LogP contribution < -0.4 is 0 Å². The van der Waals surface area contributed by atoms with Crippen molar-refractivity contribution in [2.75, 3.05) is 6.61 Å². The second kappa shape index (κ2) is 30.0. The van der Waals surface area contributed by atoms with Gasteiger partial charge in [-0.2, -0.15) is 0 Å². The van der Waals surface area contributed by atoms with E-state index in [2.05, 4.69) is 84.5 Å². The number of hydrogen-bond donors (Lipinski definition) is 1. The van der Waals surface area contributed by atoms with Crippen molar-refractivity contribution in [3.05, 3.63) is 244 Å². The van der Waals surface area contributed by atoms with Crippen LogP contribution in [0.1, 0.15) is 29.4 Å². The van der Waals surface area contributed by atoms with E-state index in [-0.39, 0.29) is 61.7 Å². The summed E-state index contributed by atoms with van der Waals surface area (Å²) < 4.78 is 0. The normalized spacial score (nSPS) is 9.52. The summed E-state index contributed by atoms with van der Waals surface area (Å²) in [6, 6.07) is 64.0. The van der Waals surface area contributed by atoms with Crippen molar-refractivity contribution >= 4 is 21.5 Å². The minimum absolute atomic E-state index is 0. The predicted molar refractivity (Wildman–Crippen MR) is 270 cm³/mol. The summed E-state index contributed by atoms with van der Waals surface area (Å²) in [6.45, 7) is 9.89. The molecule has 0 fully saturated rings. The zero-order chi connectivity index (χ0) is 44.2. The SMILES string of the molecule is CCO.Cc1cccc(-c2[c-]cccc2)n1.Cc1cccc(-c2[c-]cccc2)n1.Cc1cnc(-c2[c-]ccc3ccccc23)nc1.Cc1cnc(-c2cccc3ccccc23)nc1.[CH3-].[CH3-].[Ir+3].[Ir]. The average molecular weight is 1240 g/mol. The van der Waals surface area contributed by atoms with Gasteiger partial charge in [-0.3, -0.25) is 9.97 Å². The fourth-order valence-corrected chi connectivity index (χ4v) is 6.31. The van der Waals surface area contributed by atoms with Crippen molar-refractivity contribution in [1.82, 2.24) is 29.9 Å². The molecule has 4 heterocycles. The first-order chi connectivity index (χ1) is 30.8. The van der Waals surface area contributed by atoms with Crippen molar-refractivity contribution in [1.29, 1.82) is 0 Å². The molecule has 0 unspecified atom stereocenters. The standard InChI is InChI=1S/C15H12N2.C15H11N2.2C12H10N.C2H6O.2CH3.2Ir/c2*1-11-9-16-15(17-10-11)14-8-4-6-12-5-2-3-7-13(12)14;2*1-10-6-5-9-12(13-10)11-7-3-2-4-8-11;1-2-3;;;;/h2-10H,1H3;2-7,9-10H,1H3;2*2-7,9H,1H3;3H,2H2,1H3;2*1H3;;/q;3*-1;;2*-1;;+3. The van der Waals surface area contributed by atoms with E-state index in [4.69, 9.17) is 5.11 Å². The van der Waals surface area contributed by atoms with Gasteiger partial charge in [-0.1, -0.05) is 102 Å². The van der Waals surface area contributed by atoms with Crippen LogP contribution in [0.15, 0.2) is 189 Å². The molecule has 10 rings (SSSR count). The number of fused-ring (bicyclic) bond motifs is 2.